The topological polar surface area (TPSA) is 0 Å². The molecule has 0 aliphatic rings. The van der Waals surface area contributed by atoms with Crippen LogP contribution in [0.1, 0.15) is 23.5 Å². The lowest BCUT2D eigenvalue weighted by Crippen LogP contribution is -2.01. The average molecular weight is 218 g/mol. The quantitative estimate of drug-likeness (QED) is 0.715. The minimum Gasteiger partial charge on any atom is -0.239 e. The molecule has 0 fully saturated rings. The largest absolute Gasteiger partial charge is 0.239 e. The first-order valence-electron chi connectivity index (χ1n) is 5.17. The minimum atomic E-state index is -1.61. The maximum absolute atomic E-state index is 13.8. The molecule has 0 unspecified atom stereocenters. The summed E-state index contributed by atoms with van der Waals surface area (Å²) in [4.78, 5) is 0. The second-order valence-corrected chi connectivity index (χ2v) is 3.62. The summed E-state index contributed by atoms with van der Waals surface area (Å²) in [5.41, 5.74) is 0.748. The first-order chi connectivity index (χ1) is 7.79. The van der Waals surface area contributed by atoms with Gasteiger partial charge in [-0.25, -0.2) is 8.78 Å². The number of halogens is 2. The second kappa shape index (κ2) is 4.88. The molecule has 2 heteroatoms. The van der Waals surface area contributed by atoms with E-state index in [-0.39, 0.29) is 0 Å². The van der Waals surface area contributed by atoms with Gasteiger partial charge in [0, 0.05) is 0 Å². The first kappa shape index (κ1) is 10.8. The Morgan fingerprint density at radius 2 is 0.875 bits per heavy atom. The monoisotopic (exact) mass is 218 g/mol. The maximum atomic E-state index is 13.8. The van der Waals surface area contributed by atoms with E-state index in [1.54, 1.807) is 60.7 Å². The zero-order chi connectivity index (χ0) is 11.4. The lowest BCUT2D eigenvalue weighted by atomic mass is 10.0. The molecule has 0 radical (unpaired) electrons. The zero-order valence-electron chi connectivity index (χ0n) is 8.68. The van der Waals surface area contributed by atoms with Gasteiger partial charge in [0.25, 0.3) is 0 Å². The van der Waals surface area contributed by atoms with Gasteiger partial charge < -0.3 is 0 Å². The van der Waals surface area contributed by atoms with Crippen LogP contribution < -0.4 is 0 Å². The van der Waals surface area contributed by atoms with Crippen LogP contribution in [0.2, 0.25) is 0 Å². The molecular formula is C14H12F2. The molecular weight excluding hydrogens is 206 g/mol. The summed E-state index contributed by atoms with van der Waals surface area (Å²) in [7, 11) is 0. The second-order valence-electron chi connectivity index (χ2n) is 3.62. The number of benzene rings is 2. The summed E-state index contributed by atoms with van der Waals surface area (Å²) >= 11 is 0. The highest BCUT2D eigenvalue weighted by atomic mass is 19.2. The number of hydrogen-bond donors (Lipinski definition) is 0. The van der Waals surface area contributed by atoms with Crippen LogP contribution in [-0.4, -0.2) is 0 Å². The van der Waals surface area contributed by atoms with Gasteiger partial charge >= 0.3 is 0 Å². The third kappa shape index (κ3) is 2.27. The molecule has 0 nitrogen and oxygen atoms in total. The van der Waals surface area contributed by atoms with Crippen molar-refractivity contribution < 1.29 is 8.78 Å². The molecule has 2 aromatic carbocycles. The van der Waals surface area contributed by atoms with Crippen LogP contribution in [0.5, 0.6) is 0 Å². The molecule has 0 aliphatic heterocycles. The van der Waals surface area contributed by atoms with Crippen LogP contribution in [0.4, 0.5) is 8.78 Å². The smallest absolute Gasteiger partial charge is 0.160 e. The van der Waals surface area contributed by atoms with E-state index in [4.69, 9.17) is 0 Å². The molecule has 0 amide bonds. The summed E-state index contributed by atoms with van der Waals surface area (Å²) in [5.74, 6) is 0. The molecule has 0 saturated heterocycles. The van der Waals surface area contributed by atoms with Gasteiger partial charge in [0.1, 0.15) is 0 Å². The van der Waals surface area contributed by atoms with Crippen LogP contribution >= 0.6 is 0 Å². The van der Waals surface area contributed by atoms with E-state index >= 15 is 0 Å². The van der Waals surface area contributed by atoms with Crippen LogP contribution in [0.15, 0.2) is 60.7 Å². The predicted molar refractivity (Wildman–Crippen MR) is 60.6 cm³/mol. The Kier molecular flexibility index (Phi) is 3.30. The number of alkyl halides is 2. The van der Waals surface area contributed by atoms with Crippen molar-refractivity contribution in [3.05, 3.63) is 71.8 Å². The number of rotatable bonds is 3. The Bertz CT molecular complexity index is 382. The highest BCUT2D eigenvalue weighted by molar-refractivity contribution is 5.24. The summed E-state index contributed by atoms with van der Waals surface area (Å²) < 4.78 is 27.7. The molecule has 2 aromatic rings. The molecule has 2 rings (SSSR count). The molecule has 0 saturated carbocycles. The van der Waals surface area contributed by atoms with Gasteiger partial charge in [-0.3, -0.25) is 0 Å². The third-order valence-corrected chi connectivity index (χ3v) is 2.49. The van der Waals surface area contributed by atoms with Crippen LogP contribution in [0.25, 0.3) is 0 Å². The number of hydrogen-bond acceptors (Lipinski definition) is 0. The van der Waals surface area contributed by atoms with E-state index in [1.807, 2.05) is 0 Å². The molecule has 0 heterocycles. The molecule has 0 bridgehead atoms. The fraction of sp³-hybridized carbons (Fsp3) is 0.143. The highest BCUT2D eigenvalue weighted by Gasteiger charge is 2.23. The van der Waals surface area contributed by atoms with Crippen molar-refractivity contribution in [3.63, 3.8) is 0 Å². The standard InChI is InChI=1S/C14H12F2/c15-13(11-7-3-1-4-8-11)14(16)12-9-5-2-6-10-12/h1-10,13-14H/t13-,14-/m0/s1. The van der Waals surface area contributed by atoms with Crippen molar-refractivity contribution in [2.45, 2.75) is 12.3 Å². The maximum Gasteiger partial charge on any atom is 0.160 e. The van der Waals surface area contributed by atoms with Crippen LogP contribution in [0.3, 0.4) is 0 Å². The van der Waals surface area contributed by atoms with Crippen molar-refractivity contribution in [2.24, 2.45) is 0 Å². The van der Waals surface area contributed by atoms with Gasteiger partial charge in [-0.15, -0.1) is 0 Å². The third-order valence-electron chi connectivity index (χ3n) is 2.49. The van der Waals surface area contributed by atoms with Crippen molar-refractivity contribution in [3.8, 4) is 0 Å². The van der Waals surface area contributed by atoms with E-state index < -0.39 is 12.3 Å². The highest BCUT2D eigenvalue weighted by Crippen LogP contribution is 2.34. The summed E-state index contributed by atoms with van der Waals surface area (Å²) in [5, 5.41) is 0. The molecule has 0 N–H and O–H groups in total. The Balaban J connectivity index is 2.20. The lowest BCUT2D eigenvalue weighted by Gasteiger charge is -2.13. The normalized spacial score (nSPS) is 14.4. The van der Waals surface area contributed by atoms with E-state index in [0.717, 1.165) is 0 Å². The van der Waals surface area contributed by atoms with E-state index in [0.29, 0.717) is 11.1 Å². The summed E-state index contributed by atoms with van der Waals surface area (Å²) in [6.07, 6.45) is -3.22. The van der Waals surface area contributed by atoms with E-state index in [1.165, 1.54) is 0 Å². The van der Waals surface area contributed by atoms with Gasteiger partial charge in [-0.2, -0.15) is 0 Å². The lowest BCUT2D eigenvalue weighted by molar-refractivity contribution is 0.170. The molecule has 2 atom stereocenters. The average Bonchev–Trinajstić information content (AvgIpc) is 2.39. The molecule has 0 spiro atoms. The van der Waals surface area contributed by atoms with Gasteiger partial charge in [0.2, 0.25) is 0 Å². The van der Waals surface area contributed by atoms with E-state index in [9.17, 15) is 8.78 Å². The fourth-order valence-corrected chi connectivity index (χ4v) is 1.61. The molecule has 82 valence electrons. The summed E-state index contributed by atoms with van der Waals surface area (Å²) in [6.45, 7) is 0. The van der Waals surface area contributed by atoms with Crippen molar-refractivity contribution in [2.75, 3.05) is 0 Å². The van der Waals surface area contributed by atoms with Gasteiger partial charge in [0.15, 0.2) is 12.3 Å². The van der Waals surface area contributed by atoms with Gasteiger partial charge in [-0.05, 0) is 11.1 Å². The van der Waals surface area contributed by atoms with Crippen molar-refractivity contribution in [1.82, 2.24) is 0 Å². The fourth-order valence-electron chi connectivity index (χ4n) is 1.61. The Labute approximate surface area is 93.5 Å². The SMILES string of the molecule is F[C@@H](c1ccccc1)[C@@H](F)c1ccccc1. The minimum absolute atomic E-state index is 0.374. The van der Waals surface area contributed by atoms with Crippen LogP contribution in [-0.2, 0) is 0 Å². The molecule has 0 aliphatic carbocycles. The molecule has 0 aromatic heterocycles. The zero-order valence-corrected chi connectivity index (χ0v) is 8.68. The first-order valence-corrected chi connectivity index (χ1v) is 5.17. The predicted octanol–water partition coefficient (Wildman–Crippen LogP) is 4.41. The Morgan fingerprint density at radius 3 is 1.19 bits per heavy atom. The van der Waals surface area contributed by atoms with E-state index in [2.05, 4.69) is 0 Å². The Morgan fingerprint density at radius 1 is 0.562 bits per heavy atom. The van der Waals surface area contributed by atoms with Crippen LogP contribution in [0, 0.1) is 0 Å². The van der Waals surface area contributed by atoms with Crippen molar-refractivity contribution >= 4 is 0 Å². The van der Waals surface area contributed by atoms with Gasteiger partial charge in [0.05, 0.1) is 0 Å². The summed E-state index contributed by atoms with van der Waals surface area (Å²) in [6, 6.07) is 16.8. The molecule has 16 heavy (non-hydrogen) atoms. The van der Waals surface area contributed by atoms with Gasteiger partial charge in [-0.1, -0.05) is 60.7 Å². The van der Waals surface area contributed by atoms with Crippen molar-refractivity contribution in [1.29, 1.82) is 0 Å². The Hall–Kier alpha value is -1.70.